The smallest absolute Gasteiger partial charge is 0.205 e. The minimum atomic E-state index is -1.75. The molecule has 0 bridgehead atoms. The van der Waals surface area contributed by atoms with E-state index < -0.39 is 33.9 Å². The molecule has 0 aromatic heterocycles. The van der Waals surface area contributed by atoms with Gasteiger partial charge in [-0.25, -0.2) is 14.0 Å². The Labute approximate surface area is 119 Å². The summed E-state index contributed by atoms with van der Waals surface area (Å²) in [5, 5.41) is 11.0. The van der Waals surface area contributed by atoms with Gasteiger partial charge in [-0.15, -0.1) is 4.33 Å². The van der Waals surface area contributed by atoms with Crippen LogP contribution in [0.2, 0.25) is 0 Å². The monoisotopic (exact) mass is 322 g/mol. The molecule has 0 aliphatic carbocycles. The van der Waals surface area contributed by atoms with Crippen LogP contribution in [0.5, 0.6) is 11.5 Å². The Balaban J connectivity index is 2.43. The number of benzene rings is 2. The second-order valence-corrected chi connectivity index (χ2v) is 4.27. The summed E-state index contributed by atoms with van der Waals surface area (Å²) in [5.74, 6) is -8.23. The average molecular weight is 322 g/mol. The molecule has 21 heavy (non-hydrogen) atoms. The van der Waals surface area contributed by atoms with Crippen LogP contribution in [0.3, 0.4) is 0 Å². The van der Waals surface area contributed by atoms with Crippen LogP contribution in [-0.2, 0) is 9.37 Å². The summed E-state index contributed by atoms with van der Waals surface area (Å²) in [7, 11) is 0. The predicted molar refractivity (Wildman–Crippen MR) is 63.4 cm³/mol. The van der Waals surface area contributed by atoms with E-state index in [-0.39, 0.29) is 17.8 Å². The molecule has 0 fully saturated rings. The zero-order valence-electron chi connectivity index (χ0n) is 9.98. The molecule has 0 amide bonds. The van der Waals surface area contributed by atoms with Crippen molar-refractivity contribution in [2.24, 2.45) is 0 Å². The van der Waals surface area contributed by atoms with Crippen molar-refractivity contribution in [3.8, 4) is 11.5 Å². The minimum Gasteiger partial charge on any atom is -0.451 e. The fraction of sp³-hybridized carbons (Fsp3) is 0. The molecule has 112 valence electrons. The fourth-order valence-corrected chi connectivity index (χ4v) is 1.83. The van der Waals surface area contributed by atoms with Gasteiger partial charge in [0.2, 0.25) is 17.4 Å². The number of ether oxygens (including phenoxy) is 1. The maximum absolute atomic E-state index is 13.7. The molecule has 2 rings (SSSR count). The van der Waals surface area contributed by atoms with Crippen LogP contribution < -0.4 is 4.74 Å². The minimum absolute atomic E-state index is 0.00977. The van der Waals surface area contributed by atoms with Crippen molar-refractivity contribution in [1.29, 1.82) is 0 Å². The Bertz CT molecular complexity index is 610. The Morgan fingerprint density at radius 2 is 1.43 bits per heavy atom. The highest BCUT2D eigenvalue weighted by molar-refractivity contribution is 7.94. The van der Waals surface area contributed by atoms with Crippen molar-refractivity contribution in [2.45, 2.75) is 4.90 Å². The van der Waals surface area contributed by atoms with Crippen LogP contribution in [0.4, 0.5) is 17.6 Å². The van der Waals surface area contributed by atoms with Crippen molar-refractivity contribution in [3.05, 3.63) is 53.6 Å². The summed E-state index contributed by atoms with van der Waals surface area (Å²) in [6.45, 7) is 0. The van der Waals surface area contributed by atoms with Crippen LogP contribution in [0.1, 0.15) is 0 Å². The lowest BCUT2D eigenvalue weighted by Gasteiger charge is -2.11. The molecule has 0 radical (unpaired) electrons. The number of hydrogen-bond acceptors (Lipinski definition) is 5. The van der Waals surface area contributed by atoms with Gasteiger partial charge in [-0.05, 0) is 12.1 Å². The van der Waals surface area contributed by atoms with Crippen LogP contribution in [-0.4, -0.2) is 5.26 Å². The van der Waals surface area contributed by atoms with Crippen molar-refractivity contribution >= 4 is 12.0 Å². The summed E-state index contributed by atoms with van der Waals surface area (Å²) in [4.78, 5) is -1.17. The van der Waals surface area contributed by atoms with Crippen LogP contribution in [0.25, 0.3) is 0 Å². The Morgan fingerprint density at radius 1 is 0.857 bits per heavy atom. The van der Waals surface area contributed by atoms with Crippen molar-refractivity contribution in [2.75, 3.05) is 0 Å². The van der Waals surface area contributed by atoms with E-state index in [9.17, 15) is 17.6 Å². The van der Waals surface area contributed by atoms with Crippen molar-refractivity contribution < 1.29 is 36.9 Å². The van der Waals surface area contributed by atoms with E-state index >= 15 is 0 Å². The average Bonchev–Trinajstić information content (AvgIpc) is 2.51. The first-order valence-corrected chi connectivity index (χ1v) is 6.04. The van der Waals surface area contributed by atoms with Gasteiger partial charge in [0.25, 0.3) is 0 Å². The highest BCUT2D eigenvalue weighted by Gasteiger charge is 2.28. The van der Waals surface area contributed by atoms with E-state index in [2.05, 4.69) is 9.37 Å². The fourth-order valence-electron chi connectivity index (χ4n) is 1.41. The summed E-state index contributed by atoms with van der Waals surface area (Å²) < 4.78 is 63.3. The first-order chi connectivity index (χ1) is 10.1. The second kappa shape index (κ2) is 6.76. The van der Waals surface area contributed by atoms with Gasteiger partial charge in [-0.2, -0.15) is 8.78 Å². The normalized spacial score (nSPS) is 10.7. The molecule has 0 saturated carbocycles. The summed E-state index contributed by atoms with van der Waals surface area (Å²) in [5.41, 5.74) is 0. The second-order valence-electron chi connectivity index (χ2n) is 3.56. The van der Waals surface area contributed by atoms with Gasteiger partial charge in [-0.3, -0.25) is 0 Å². The maximum atomic E-state index is 13.7. The van der Waals surface area contributed by atoms with Gasteiger partial charge in [0.05, 0.1) is 12.0 Å². The molecule has 0 unspecified atom stereocenters. The Morgan fingerprint density at radius 3 is 1.95 bits per heavy atom. The molecular weight excluding hydrogens is 316 g/mol. The van der Waals surface area contributed by atoms with Gasteiger partial charge in [0, 0.05) is 0 Å². The molecule has 4 nitrogen and oxygen atoms in total. The van der Waals surface area contributed by atoms with Crippen LogP contribution in [0, 0.1) is 23.3 Å². The lowest BCUT2D eigenvalue weighted by atomic mass is 10.2. The predicted octanol–water partition coefficient (Wildman–Crippen LogP) is 4.46. The van der Waals surface area contributed by atoms with Gasteiger partial charge in [-0.1, -0.05) is 23.2 Å². The highest BCUT2D eigenvalue weighted by atomic mass is 32.2. The number of hydrogen-bond donors (Lipinski definition) is 1. The number of rotatable bonds is 5. The summed E-state index contributed by atoms with van der Waals surface area (Å²) in [6, 6.07) is 7.33. The molecule has 2 aromatic rings. The van der Waals surface area contributed by atoms with E-state index in [1.807, 2.05) is 0 Å². The molecule has 2 aromatic carbocycles. The van der Waals surface area contributed by atoms with E-state index in [0.717, 1.165) is 0 Å². The third-order valence-corrected chi connectivity index (χ3v) is 2.95. The van der Waals surface area contributed by atoms with Gasteiger partial charge >= 0.3 is 0 Å². The molecule has 0 spiro atoms. The van der Waals surface area contributed by atoms with Crippen LogP contribution in [0.15, 0.2) is 35.2 Å². The standard InChI is InChI=1S/C12H6F4O4S/c13-7-9(15)12(21-20-19-17)10(16)8(14)11(7)18-6-4-2-1-3-5-6/h1-5,17H. The largest absolute Gasteiger partial charge is 0.451 e. The first kappa shape index (κ1) is 15.6. The van der Waals surface area contributed by atoms with E-state index in [0.29, 0.717) is 0 Å². The van der Waals surface area contributed by atoms with E-state index in [1.54, 1.807) is 6.07 Å². The molecule has 0 atom stereocenters. The molecule has 0 aliphatic rings. The van der Waals surface area contributed by atoms with Gasteiger partial charge < -0.3 is 4.74 Å². The Hall–Kier alpha value is -1.81. The lowest BCUT2D eigenvalue weighted by Crippen LogP contribution is -2.03. The molecule has 9 heteroatoms. The maximum Gasteiger partial charge on any atom is 0.205 e. The topological polar surface area (TPSA) is 47.9 Å². The molecular formula is C12H6F4O4S. The molecule has 1 N–H and O–H groups in total. The zero-order valence-corrected chi connectivity index (χ0v) is 10.8. The molecule has 0 saturated heterocycles. The number of para-hydroxylation sites is 1. The first-order valence-electron chi connectivity index (χ1n) is 5.29. The van der Waals surface area contributed by atoms with E-state index in [4.69, 9.17) is 9.99 Å². The molecule has 0 aliphatic heterocycles. The SMILES string of the molecule is OOOSc1c(F)c(F)c(Oc2ccccc2)c(F)c1F. The third kappa shape index (κ3) is 3.27. The quantitative estimate of drug-likeness (QED) is 0.289. The number of halogens is 4. The van der Waals surface area contributed by atoms with E-state index in [1.165, 1.54) is 24.3 Å². The Kier molecular flexibility index (Phi) is 5.02. The zero-order chi connectivity index (χ0) is 15.4. The lowest BCUT2D eigenvalue weighted by molar-refractivity contribution is -0.432. The van der Waals surface area contributed by atoms with Gasteiger partial charge in [0.15, 0.2) is 11.6 Å². The summed E-state index contributed by atoms with van der Waals surface area (Å²) >= 11 is -0.241. The highest BCUT2D eigenvalue weighted by Crippen LogP contribution is 2.37. The van der Waals surface area contributed by atoms with Crippen LogP contribution >= 0.6 is 12.0 Å². The van der Waals surface area contributed by atoms with Gasteiger partial charge in [0.1, 0.15) is 10.6 Å². The molecule has 0 heterocycles. The van der Waals surface area contributed by atoms with Crippen molar-refractivity contribution in [3.63, 3.8) is 0 Å². The summed E-state index contributed by atoms with van der Waals surface area (Å²) in [6.07, 6.45) is 0. The van der Waals surface area contributed by atoms with Crippen molar-refractivity contribution in [1.82, 2.24) is 0 Å². The third-order valence-electron chi connectivity index (χ3n) is 2.29.